The van der Waals surface area contributed by atoms with E-state index in [0.717, 1.165) is 15.6 Å². The van der Waals surface area contributed by atoms with E-state index >= 15 is 0 Å². The first-order valence-electron chi connectivity index (χ1n) is 8.41. The van der Waals surface area contributed by atoms with Gasteiger partial charge in [0.1, 0.15) is 5.82 Å². The van der Waals surface area contributed by atoms with Crippen LogP contribution in [0.5, 0.6) is 0 Å². The van der Waals surface area contributed by atoms with Crippen LogP contribution in [0.4, 0.5) is 4.39 Å². The third kappa shape index (κ3) is 3.61. The minimum Gasteiger partial charge on any atom is -0.207 e. The largest absolute Gasteiger partial charge is 0.207 e. The van der Waals surface area contributed by atoms with Gasteiger partial charge in [0.05, 0.1) is 0 Å². The summed E-state index contributed by atoms with van der Waals surface area (Å²) in [5, 5.41) is 0. The van der Waals surface area contributed by atoms with Crippen molar-refractivity contribution in [3.63, 3.8) is 0 Å². The molecule has 4 aromatic rings. The molecule has 26 heavy (non-hydrogen) atoms. The normalized spacial score (nSPS) is 10.7. The van der Waals surface area contributed by atoms with Crippen LogP contribution in [0, 0.1) is 5.82 Å². The minimum absolute atomic E-state index is 0.212. The van der Waals surface area contributed by atoms with Crippen LogP contribution < -0.4 is 0 Å². The van der Waals surface area contributed by atoms with Crippen molar-refractivity contribution in [3.05, 3.63) is 107 Å². The summed E-state index contributed by atoms with van der Waals surface area (Å²) in [6.45, 7) is 0. The van der Waals surface area contributed by atoms with Crippen LogP contribution in [0.1, 0.15) is 0 Å². The average Bonchev–Trinajstić information content (AvgIpc) is 2.70. The Labute approximate surface area is 161 Å². The van der Waals surface area contributed by atoms with Gasteiger partial charge in [-0.1, -0.05) is 88.7 Å². The molecule has 126 valence electrons. The molecule has 0 aliphatic rings. The maximum Gasteiger partial charge on any atom is 0.123 e. The second-order valence-corrected chi connectivity index (χ2v) is 7.08. The monoisotopic (exact) mass is 402 g/mol. The van der Waals surface area contributed by atoms with Gasteiger partial charge in [-0.3, -0.25) is 0 Å². The Morgan fingerprint density at radius 2 is 0.615 bits per heavy atom. The SMILES string of the molecule is Fc1ccc(-c2ccc(-c3ccc(-c4ccc(Br)cc4)cc3)cc2)cc1. The molecule has 0 bridgehead atoms. The van der Waals surface area contributed by atoms with Gasteiger partial charge in [-0.15, -0.1) is 0 Å². The van der Waals surface area contributed by atoms with Crippen LogP contribution >= 0.6 is 15.9 Å². The number of benzene rings is 4. The van der Waals surface area contributed by atoms with Crippen molar-refractivity contribution in [2.75, 3.05) is 0 Å². The lowest BCUT2D eigenvalue weighted by Crippen LogP contribution is -1.82. The molecule has 0 saturated carbocycles. The van der Waals surface area contributed by atoms with Crippen LogP contribution in [0.15, 0.2) is 102 Å². The van der Waals surface area contributed by atoms with E-state index in [1.165, 1.54) is 34.4 Å². The van der Waals surface area contributed by atoms with Crippen molar-refractivity contribution >= 4 is 15.9 Å². The van der Waals surface area contributed by atoms with Crippen molar-refractivity contribution in [1.29, 1.82) is 0 Å². The maximum atomic E-state index is 13.1. The molecule has 0 amide bonds. The molecule has 0 saturated heterocycles. The predicted octanol–water partition coefficient (Wildman–Crippen LogP) is 7.59. The van der Waals surface area contributed by atoms with E-state index in [2.05, 4.69) is 88.7 Å². The van der Waals surface area contributed by atoms with Gasteiger partial charge in [-0.25, -0.2) is 4.39 Å². The Hall–Kier alpha value is -2.71. The quantitative estimate of drug-likeness (QED) is 0.331. The molecule has 2 heteroatoms. The third-order valence-electron chi connectivity index (χ3n) is 4.46. The highest BCUT2D eigenvalue weighted by molar-refractivity contribution is 9.10. The van der Waals surface area contributed by atoms with E-state index < -0.39 is 0 Å². The predicted molar refractivity (Wildman–Crippen MR) is 110 cm³/mol. The summed E-state index contributed by atoms with van der Waals surface area (Å²) in [6, 6.07) is 31.8. The van der Waals surface area contributed by atoms with Crippen molar-refractivity contribution in [2.45, 2.75) is 0 Å². The zero-order chi connectivity index (χ0) is 17.9. The molecule has 0 spiro atoms. The number of hydrogen-bond acceptors (Lipinski definition) is 0. The van der Waals surface area contributed by atoms with E-state index in [1.54, 1.807) is 12.1 Å². The topological polar surface area (TPSA) is 0 Å². The summed E-state index contributed by atoms with van der Waals surface area (Å²) >= 11 is 3.47. The van der Waals surface area contributed by atoms with Gasteiger partial charge in [-0.2, -0.15) is 0 Å². The third-order valence-corrected chi connectivity index (χ3v) is 4.99. The Kier molecular flexibility index (Phi) is 4.68. The molecule has 0 radical (unpaired) electrons. The summed E-state index contributed by atoms with van der Waals surface area (Å²) in [5.41, 5.74) is 6.84. The van der Waals surface area contributed by atoms with Gasteiger partial charge in [0.25, 0.3) is 0 Å². The van der Waals surface area contributed by atoms with E-state index in [-0.39, 0.29) is 5.82 Å². The van der Waals surface area contributed by atoms with E-state index in [0.29, 0.717) is 0 Å². The van der Waals surface area contributed by atoms with Crippen LogP contribution in [0.3, 0.4) is 0 Å². The fourth-order valence-corrected chi connectivity index (χ4v) is 3.26. The highest BCUT2D eigenvalue weighted by atomic mass is 79.9. The first kappa shape index (κ1) is 16.7. The van der Waals surface area contributed by atoms with Crippen molar-refractivity contribution in [1.82, 2.24) is 0 Å². The van der Waals surface area contributed by atoms with Gasteiger partial charge in [-0.05, 0) is 57.6 Å². The standard InChI is InChI=1S/C24H16BrF/c25-23-13-9-21(10-14-23)19-5-1-17(2-6-19)18-3-7-20(8-4-18)22-11-15-24(26)16-12-22/h1-16H. The first-order chi connectivity index (χ1) is 12.7. The lowest BCUT2D eigenvalue weighted by atomic mass is 9.98. The molecule has 4 rings (SSSR count). The second kappa shape index (κ2) is 7.27. The number of hydrogen-bond donors (Lipinski definition) is 0. The molecule has 0 unspecified atom stereocenters. The molecule has 0 aromatic heterocycles. The average molecular weight is 403 g/mol. The summed E-state index contributed by atoms with van der Waals surface area (Å²) < 4.78 is 14.1. The van der Waals surface area contributed by atoms with E-state index in [1.807, 2.05) is 0 Å². The number of halogens is 2. The van der Waals surface area contributed by atoms with Gasteiger partial charge in [0.2, 0.25) is 0 Å². The molecule has 4 aromatic carbocycles. The Balaban J connectivity index is 1.57. The summed E-state index contributed by atoms with van der Waals surface area (Å²) in [4.78, 5) is 0. The summed E-state index contributed by atoms with van der Waals surface area (Å²) in [6.07, 6.45) is 0. The molecule has 0 nitrogen and oxygen atoms in total. The molecule has 0 atom stereocenters. The van der Waals surface area contributed by atoms with Crippen LogP contribution in [-0.4, -0.2) is 0 Å². The van der Waals surface area contributed by atoms with Gasteiger partial charge >= 0.3 is 0 Å². The first-order valence-corrected chi connectivity index (χ1v) is 9.21. The summed E-state index contributed by atoms with van der Waals surface area (Å²) in [7, 11) is 0. The van der Waals surface area contributed by atoms with Gasteiger partial charge in [0.15, 0.2) is 0 Å². The molecule has 0 heterocycles. The Bertz CT molecular complexity index is 913. The van der Waals surface area contributed by atoms with Gasteiger partial charge in [0, 0.05) is 4.47 Å². The molecular formula is C24H16BrF. The van der Waals surface area contributed by atoms with E-state index in [4.69, 9.17) is 0 Å². The van der Waals surface area contributed by atoms with Crippen molar-refractivity contribution < 1.29 is 4.39 Å². The molecule has 0 aliphatic carbocycles. The van der Waals surface area contributed by atoms with Crippen LogP contribution in [0.25, 0.3) is 33.4 Å². The second-order valence-electron chi connectivity index (χ2n) is 6.17. The van der Waals surface area contributed by atoms with Crippen LogP contribution in [-0.2, 0) is 0 Å². The highest BCUT2D eigenvalue weighted by Gasteiger charge is 2.02. The van der Waals surface area contributed by atoms with Gasteiger partial charge < -0.3 is 0 Å². The van der Waals surface area contributed by atoms with Crippen molar-refractivity contribution in [3.8, 4) is 33.4 Å². The van der Waals surface area contributed by atoms with Crippen LogP contribution in [0.2, 0.25) is 0 Å². The lowest BCUT2D eigenvalue weighted by molar-refractivity contribution is 0.628. The Morgan fingerprint density at radius 3 is 0.923 bits per heavy atom. The maximum absolute atomic E-state index is 13.1. The molecule has 0 fully saturated rings. The smallest absolute Gasteiger partial charge is 0.123 e. The molecule has 0 N–H and O–H groups in total. The zero-order valence-electron chi connectivity index (χ0n) is 14.0. The number of rotatable bonds is 3. The summed E-state index contributed by atoms with van der Waals surface area (Å²) in [5.74, 6) is -0.212. The zero-order valence-corrected chi connectivity index (χ0v) is 15.6. The van der Waals surface area contributed by atoms with Crippen molar-refractivity contribution in [2.24, 2.45) is 0 Å². The highest BCUT2D eigenvalue weighted by Crippen LogP contribution is 2.28. The fraction of sp³-hybridized carbons (Fsp3) is 0. The fourth-order valence-electron chi connectivity index (χ4n) is 2.99. The lowest BCUT2D eigenvalue weighted by Gasteiger charge is -2.07. The van der Waals surface area contributed by atoms with E-state index in [9.17, 15) is 4.39 Å². The minimum atomic E-state index is -0.212. The Morgan fingerprint density at radius 1 is 0.385 bits per heavy atom. The molecular weight excluding hydrogens is 387 g/mol. The molecule has 0 aliphatic heterocycles.